The second-order valence-corrected chi connectivity index (χ2v) is 9.29. The Labute approximate surface area is 188 Å². The van der Waals surface area contributed by atoms with E-state index in [0.29, 0.717) is 30.2 Å². The molecule has 3 heterocycles. The minimum atomic E-state index is -3.85. The van der Waals surface area contributed by atoms with Crippen LogP contribution in [-0.4, -0.2) is 37.1 Å². The van der Waals surface area contributed by atoms with Crippen LogP contribution in [0.5, 0.6) is 0 Å². The number of hydrogen-bond acceptors (Lipinski definition) is 7. The van der Waals surface area contributed by atoms with Crippen molar-refractivity contribution >= 4 is 27.8 Å². The number of hydrogen-bond donors (Lipinski definition) is 3. The Kier molecular flexibility index (Phi) is 8.18. The molecule has 10 heteroatoms. The van der Waals surface area contributed by atoms with Gasteiger partial charge in [-0.05, 0) is 74.8 Å². The van der Waals surface area contributed by atoms with E-state index in [1.165, 1.54) is 6.07 Å². The van der Waals surface area contributed by atoms with Crippen molar-refractivity contribution in [3.63, 3.8) is 0 Å². The van der Waals surface area contributed by atoms with Crippen molar-refractivity contribution in [3.05, 3.63) is 53.9 Å². The van der Waals surface area contributed by atoms with Crippen LogP contribution in [0.1, 0.15) is 43.7 Å². The number of benzene rings is 1. The molecule has 0 unspecified atom stereocenters. The summed E-state index contributed by atoms with van der Waals surface area (Å²) >= 11 is 0. The first kappa shape index (κ1) is 23.7. The van der Waals surface area contributed by atoms with Gasteiger partial charge in [-0.1, -0.05) is 12.2 Å². The van der Waals surface area contributed by atoms with Gasteiger partial charge in [0.05, 0.1) is 4.90 Å². The SMILES string of the molecule is C[C@@H]1CCCc2cnc(nc2)Nc2ccc(S(N)(=O)=O)c(c2)CC=CCCCNC(=O)O1. The molecule has 2 aromatic rings. The third-order valence-corrected chi connectivity index (χ3v) is 6.05. The van der Waals surface area contributed by atoms with E-state index in [9.17, 15) is 13.2 Å². The van der Waals surface area contributed by atoms with Gasteiger partial charge in [0.1, 0.15) is 6.10 Å². The largest absolute Gasteiger partial charge is 0.447 e. The molecule has 2 aliphatic rings. The number of carbonyl (C=O) groups is 1. The number of ether oxygens (including phenoxy) is 1. The van der Waals surface area contributed by atoms with E-state index in [1.807, 2.05) is 19.1 Å². The van der Waals surface area contributed by atoms with Crippen molar-refractivity contribution in [1.82, 2.24) is 15.3 Å². The first-order chi connectivity index (χ1) is 15.3. The Balaban J connectivity index is 1.81. The summed E-state index contributed by atoms with van der Waals surface area (Å²) in [7, 11) is -3.85. The van der Waals surface area contributed by atoms with Gasteiger partial charge >= 0.3 is 6.09 Å². The third-order valence-electron chi connectivity index (χ3n) is 5.03. The lowest BCUT2D eigenvalue weighted by Crippen LogP contribution is -2.28. The molecule has 2 aliphatic heterocycles. The molecule has 4 bridgehead atoms. The van der Waals surface area contributed by atoms with Crippen LogP contribution in [0.15, 0.2) is 47.6 Å². The summed E-state index contributed by atoms with van der Waals surface area (Å²) in [6, 6.07) is 4.87. The molecule has 0 saturated heterocycles. The maximum atomic E-state index is 12.0. The number of sulfonamides is 1. The fraction of sp³-hybridized carbons (Fsp3) is 0.409. The summed E-state index contributed by atoms with van der Waals surface area (Å²) in [4.78, 5) is 20.7. The summed E-state index contributed by atoms with van der Waals surface area (Å²) in [5.41, 5.74) is 2.23. The quantitative estimate of drug-likeness (QED) is 0.557. The second-order valence-electron chi connectivity index (χ2n) is 7.76. The van der Waals surface area contributed by atoms with Gasteiger partial charge in [0, 0.05) is 24.6 Å². The van der Waals surface area contributed by atoms with E-state index in [4.69, 9.17) is 9.88 Å². The van der Waals surface area contributed by atoms with E-state index in [2.05, 4.69) is 20.6 Å². The Morgan fingerprint density at radius 3 is 2.69 bits per heavy atom. The predicted molar refractivity (Wildman–Crippen MR) is 122 cm³/mol. The second kappa shape index (κ2) is 11.1. The molecule has 9 nitrogen and oxygen atoms in total. The lowest BCUT2D eigenvalue weighted by molar-refractivity contribution is 0.101. The molecule has 4 rings (SSSR count). The molecule has 32 heavy (non-hydrogen) atoms. The van der Waals surface area contributed by atoms with Crippen LogP contribution in [0.4, 0.5) is 16.4 Å². The molecule has 1 amide bonds. The van der Waals surface area contributed by atoms with E-state index >= 15 is 0 Å². The van der Waals surface area contributed by atoms with Gasteiger partial charge in [-0.15, -0.1) is 0 Å². The molecule has 0 radical (unpaired) electrons. The average Bonchev–Trinajstić information content (AvgIpc) is 2.73. The Bertz CT molecular complexity index is 1050. The van der Waals surface area contributed by atoms with Gasteiger partial charge in [-0.3, -0.25) is 0 Å². The highest BCUT2D eigenvalue weighted by atomic mass is 32.2. The van der Waals surface area contributed by atoms with E-state index in [0.717, 1.165) is 37.7 Å². The number of primary sulfonamides is 1. The molecule has 0 fully saturated rings. The van der Waals surface area contributed by atoms with Crippen molar-refractivity contribution in [2.24, 2.45) is 5.14 Å². The number of allylic oxidation sites excluding steroid dienone is 2. The molecular formula is C22H29N5O4S. The molecule has 1 aromatic carbocycles. The zero-order chi connectivity index (χ0) is 23.0. The van der Waals surface area contributed by atoms with Gasteiger partial charge in [0.2, 0.25) is 16.0 Å². The molecule has 1 aromatic heterocycles. The van der Waals surface area contributed by atoms with Crippen molar-refractivity contribution in [2.45, 2.75) is 56.4 Å². The van der Waals surface area contributed by atoms with Crippen molar-refractivity contribution in [1.29, 1.82) is 0 Å². The first-order valence-electron chi connectivity index (χ1n) is 10.6. The Morgan fingerprint density at radius 2 is 1.94 bits per heavy atom. The van der Waals surface area contributed by atoms with Crippen LogP contribution < -0.4 is 15.8 Å². The molecular weight excluding hydrogens is 430 g/mol. The number of aryl methyl sites for hydroxylation is 1. The fourth-order valence-corrected chi connectivity index (χ4v) is 4.15. The summed E-state index contributed by atoms with van der Waals surface area (Å²) < 4.78 is 29.3. The van der Waals surface area contributed by atoms with Crippen molar-refractivity contribution < 1.29 is 17.9 Å². The van der Waals surface area contributed by atoms with Gasteiger partial charge < -0.3 is 15.4 Å². The maximum Gasteiger partial charge on any atom is 0.407 e. The van der Waals surface area contributed by atoms with E-state index in [1.54, 1.807) is 24.5 Å². The third kappa shape index (κ3) is 7.31. The molecule has 0 spiro atoms. The monoisotopic (exact) mass is 459 g/mol. The smallest absolute Gasteiger partial charge is 0.407 e. The maximum absolute atomic E-state index is 12.0. The van der Waals surface area contributed by atoms with Crippen LogP contribution in [0, 0.1) is 0 Å². The highest BCUT2D eigenvalue weighted by Crippen LogP contribution is 2.22. The van der Waals surface area contributed by atoms with Crippen molar-refractivity contribution in [2.75, 3.05) is 11.9 Å². The first-order valence-corrected chi connectivity index (χ1v) is 12.2. The number of fused-ring (bicyclic) bond motifs is 13. The Morgan fingerprint density at radius 1 is 1.16 bits per heavy atom. The standard InChI is InChI=1S/C22H29N5O4S/c1-16-7-6-8-17-14-25-21(26-15-17)27-19-10-11-20(32(23,29)30)18(13-19)9-4-2-3-5-12-24-22(28)31-16/h2,4,10-11,13-16H,3,5-9,12H2,1H3,(H,24,28)(H2,23,29,30)(H,25,26,27)/t16-/m1/s1. The topological polar surface area (TPSA) is 136 Å². The van der Waals surface area contributed by atoms with Gasteiger partial charge in [-0.2, -0.15) is 0 Å². The number of nitrogens with zero attached hydrogens (tertiary/aromatic N) is 2. The lowest BCUT2D eigenvalue weighted by atomic mass is 10.1. The van der Waals surface area contributed by atoms with Crippen LogP contribution >= 0.6 is 0 Å². The summed E-state index contributed by atoms with van der Waals surface area (Å²) in [6.07, 6.45) is 11.0. The number of nitrogens with two attached hydrogens (primary N) is 1. The van der Waals surface area contributed by atoms with E-state index < -0.39 is 16.1 Å². The normalized spacial score (nSPS) is 18.7. The van der Waals surface area contributed by atoms with Crippen LogP contribution in [0.25, 0.3) is 0 Å². The summed E-state index contributed by atoms with van der Waals surface area (Å²) in [6.45, 7) is 2.38. The highest BCUT2D eigenvalue weighted by molar-refractivity contribution is 7.89. The van der Waals surface area contributed by atoms with Gasteiger partial charge in [-0.25, -0.2) is 28.3 Å². The zero-order valence-electron chi connectivity index (χ0n) is 18.1. The minimum Gasteiger partial charge on any atom is -0.447 e. The number of carbonyl (C=O) groups excluding carboxylic acids is 1. The van der Waals surface area contributed by atoms with Crippen molar-refractivity contribution in [3.8, 4) is 0 Å². The summed E-state index contributed by atoms with van der Waals surface area (Å²) in [5.74, 6) is 0.415. The molecule has 1 atom stereocenters. The number of alkyl carbamates (subject to hydrolysis) is 1. The van der Waals surface area contributed by atoms with Gasteiger partial charge in [0.15, 0.2) is 0 Å². The summed E-state index contributed by atoms with van der Waals surface area (Å²) in [5, 5.41) is 11.2. The predicted octanol–water partition coefficient (Wildman–Crippen LogP) is 3.20. The molecule has 172 valence electrons. The van der Waals surface area contributed by atoms with Crippen LogP contribution in [-0.2, 0) is 27.6 Å². The number of anilines is 2. The average molecular weight is 460 g/mol. The van der Waals surface area contributed by atoms with Gasteiger partial charge in [0.25, 0.3) is 0 Å². The van der Waals surface area contributed by atoms with Crippen LogP contribution in [0.3, 0.4) is 0 Å². The number of amides is 1. The molecule has 0 saturated carbocycles. The highest BCUT2D eigenvalue weighted by Gasteiger charge is 2.14. The minimum absolute atomic E-state index is 0.0842. The van der Waals surface area contributed by atoms with E-state index in [-0.39, 0.29) is 11.0 Å². The lowest BCUT2D eigenvalue weighted by Gasteiger charge is -2.13. The number of aromatic nitrogens is 2. The Hall–Kier alpha value is -2.98. The fourth-order valence-electron chi connectivity index (χ4n) is 3.39. The number of rotatable bonds is 1. The zero-order valence-corrected chi connectivity index (χ0v) is 18.9. The van der Waals surface area contributed by atoms with Crippen LogP contribution in [0.2, 0.25) is 0 Å². The number of nitrogens with one attached hydrogen (secondary N) is 2. The molecule has 0 aliphatic carbocycles. The molecule has 4 N–H and O–H groups in total.